The number of carboxylic acids is 2. The standard InChI is InChI=1S/C12H9N3O5/c16-10(8-9(12(19)20)14-5-13-8)15-7-4-2-1-3-6(7)11(17)18/h1-5H,(H,13,14)(H,15,16)(H,17,18)(H,19,20). The van der Waals surface area contributed by atoms with Gasteiger partial charge in [-0.05, 0) is 12.1 Å². The third-order valence-corrected chi connectivity index (χ3v) is 2.47. The summed E-state index contributed by atoms with van der Waals surface area (Å²) in [6, 6.07) is 5.77. The summed E-state index contributed by atoms with van der Waals surface area (Å²) in [5, 5.41) is 20.2. The van der Waals surface area contributed by atoms with Crippen molar-refractivity contribution in [2.75, 3.05) is 5.32 Å². The Morgan fingerprint density at radius 2 is 1.80 bits per heavy atom. The normalized spacial score (nSPS) is 10.0. The maximum absolute atomic E-state index is 11.9. The van der Waals surface area contributed by atoms with E-state index in [0.717, 1.165) is 6.33 Å². The van der Waals surface area contributed by atoms with Gasteiger partial charge in [0.15, 0.2) is 11.4 Å². The first kappa shape index (κ1) is 13.3. The largest absolute Gasteiger partial charge is 0.478 e. The number of benzene rings is 1. The van der Waals surface area contributed by atoms with Gasteiger partial charge in [0.2, 0.25) is 0 Å². The number of hydrogen-bond acceptors (Lipinski definition) is 4. The highest BCUT2D eigenvalue weighted by molar-refractivity contribution is 6.10. The first-order valence-corrected chi connectivity index (χ1v) is 5.41. The Morgan fingerprint density at radius 3 is 2.45 bits per heavy atom. The third-order valence-electron chi connectivity index (χ3n) is 2.47. The lowest BCUT2D eigenvalue weighted by molar-refractivity contribution is 0.0680. The average molecular weight is 275 g/mol. The molecule has 0 bridgehead atoms. The van der Waals surface area contributed by atoms with Crippen LogP contribution in [0.1, 0.15) is 31.3 Å². The zero-order valence-corrected chi connectivity index (χ0v) is 9.95. The molecule has 0 fully saturated rings. The topological polar surface area (TPSA) is 132 Å². The highest BCUT2D eigenvalue weighted by Gasteiger charge is 2.21. The van der Waals surface area contributed by atoms with Crippen LogP contribution in [-0.4, -0.2) is 38.0 Å². The molecule has 0 radical (unpaired) electrons. The molecule has 8 nitrogen and oxygen atoms in total. The summed E-state index contributed by atoms with van der Waals surface area (Å²) in [6.07, 6.45) is 1.07. The number of anilines is 1. The second kappa shape index (κ2) is 5.22. The molecule has 0 aliphatic carbocycles. The smallest absolute Gasteiger partial charge is 0.354 e. The van der Waals surface area contributed by atoms with Gasteiger partial charge < -0.3 is 20.5 Å². The predicted molar refractivity (Wildman–Crippen MR) is 66.9 cm³/mol. The minimum absolute atomic E-state index is 0.0596. The van der Waals surface area contributed by atoms with E-state index in [1.165, 1.54) is 18.2 Å². The van der Waals surface area contributed by atoms with Crippen LogP contribution in [0, 0.1) is 0 Å². The van der Waals surface area contributed by atoms with E-state index in [1.807, 2.05) is 0 Å². The molecule has 1 aromatic carbocycles. The molecule has 8 heteroatoms. The molecule has 0 aliphatic rings. The van der Waals surface area contributed by atoms with E-state index in [1.54, 1.807) is 6.07 Å². The van der Waals surface area contributed by atoms with Gasteiger partial charge in [0.05, 0.1) is 17.6 Å². The number of aromatic nitrogens is 2. The Morgan fingerprint density at radius 1 is 1.10 bits per heavy atom. The molecular formula is C12H9N3O5. The van der Waals surface area contributed by atoms with Crippen molar-refractivity contribution >= 4 is 23.5 Å². The summed E-state index contributed by atoms with van der Waals surface area (Å²) in [5.74, 6) is -3.35. The molecule has 0 aliphatic heterocycles. The number of amides is 1. The molecule has 0 saturated heterocycles. The molecule has 0 spiro atoms. The molecule has 1 heterocycles. The maximum Gasteiger partial charge on any atom is 0.354 e. The van der Waals surface area contributed by atoms with Crippen molar-refractivity contribution in [3.63, 3.8) is 0 Å². The average Bonchev–Trinajstić information content (AvgIpc) is 2.88. The molecule has 1 amide bonds. The molecule has 2 rings (SSSR count). The highest BCUT2D eigenvalue weighted by atomic mass is 16.4. The molecule has 0 atom stereocenters. The molecule has 1 aromatic heterocycles. The summed E-state index contributed by atoms with van der Waals surface area (Å²) in [4.78, 5) is 39.7. The van der Waals surface area contributed by atoms with E-state index in [-0.39, 0.29) is 22.6 Å². The number of aromatic carboxylic acids is 2. The van der Waals surface area contributed by atoms with Crippen LogP contribution in [0.15, 0.2) is 30.6 Å². The van der Waals surface area contributed by atoms with Crippen LogP contribution in [-0.2, 0) is 0 Å². The number of rotatable bonds is 4. The van der Waals surface area contributed by atoms with E-state index in [4.69, 9.17) is 10.2 Å². The number of H-pyrrole nitrogens is 1. The Hall–Kier alpha value is -3.16. The summed E-state index contributed by atoms with van der Waals surface area (Å²) in [7, 11) is 0. The molecule has 102 valence electrons. The van der Waals surface area contributed by atoms with Gasteiger partial charge in [0.1, 0.15) is 0 Å². The SMILES string of the molecule is O=C(O)c1ccccc1NC(=O)c1nc[nH]c1C(=O)O. The monoisotopic (exact) mass is 275 g/mol. The number of hydrogen-bond donors (Lipinski definition) is 4. The summed E-state index contributed by atoms with van der Waals surface area (Å²) in [6.45, 7) is 0. The lowest BCUT2D eigenvalue weighted by Gasteiger charge is -2.07. The zero-order chi connectivity index (χ0) is 14.7. The van der Waals surface area contributed by atoms with Crippen molar-refractivity contribution in [3.05, 3.63) is 47.5 Å². The first-order valence-electron chi connectivity index (χ1n) is 5.41. The minimum atomic E-state index is -1.33. The van der Waals surface area contributed by atoms with Gasteiger partial charge in [-0.2, -0.15) is 0 Å². The van der Waals surface area contributed by atoms with Gasteiger partial charge in [0.25, 0.3) is 5.91 Å². The fourth-order valence-electron chi connectivity index (χ4n) is 1.59. The number of nitrogens with one attached hydrogen (secondary N) is 2. The van der Waals surface area contributed by atoms with Crippen LogP contribution in [0.25, 0.3) is 0 Å². The van der Waals surface area contributed by atoms with Crippen LogP contribution in [0.2, 0.25) is 0 Å². The highest BCUT2D eigenvalue weighted by Crippen LogP contribution is 2.16. The first-order chi connectivity index (χ1) is 9.50. The predicted octanol–water partition coefficient (Wildman–Crippen LogP) is 1.06. The number of aromatic amines is 1. The fraction of sp³-hybridized carbons (Fsp3) is 0. The maximum atomic E-state index is 11.9. The van der Waals surface area contributed by atoms with E-state index in [0.29, 0.717) is 0 Å². The van der Waals surface area contributed by atoms with Gasteiger partial charge in [-0.3, -0.25) is 4.79 Å². The second-order valence-corrected chi connectivity index (χ2v) is 3.74. The summed E-state index contributed by atoms with van der Waals surface area (Å²) < 4.78 is 0. The molecule has 2 aromatic rings. The van der Waals surface area contributed by atoms with Crippen LogP contribution < -0.4 is 5.32 Å². The molecule has 4 N–H and O–H groups in total. The number of carbonyl (C=O) groups is 3. The zero-order valence-electron chi connectivity index (χ0n) is 9.95. The molecular weight excluding hydrogens is 266 g/mol. The van der Waals surface area contributed by atoms with Crippen molar-refractivity contribution in [1.29, 1.82) is 0 Å². The molecule has 20 heavy (non-hydrogen) atoms. The van der Waals surface area contributed by atoms with Crippen molar-refractivity contribution in [3.8, 4) is 0 Å². The van der Waals surface area contributed by atoms with Crippen LogP contribution >= 0.6 is 0 Å². The van der Waals surface area contributed by atoms with Gasteiger partial charge in [-0.15, -0.1) is 0 Å². The van der Waals surface area contributed by atoms with Crippen LogP contribution in [0.4, 0.5) is 5.69 Å². The summed E-state index contributed by atoms with van der Waals surface area (Å²) >= 11 is 0. The Balaban J connectivity index is 2.31. The minimum Gasteiger partial charge on any atom is -0.478 e. The lowest BCUT2D eigenvalue weighted by Crippen LogP contribution is -2.18. The lowest BCUT2D eigenvalue weighted by atomic mass is 10.1. The Labute approximate surface area is 112 Å². The van der Waals surface area contributed by atoms with Gasteiger partial charge >= 0.3 is 11.9 Å². The number of carboxylic acid groups (broad SMARTS) is 2. The van der Waals surface area contributed by atoms with Crippen molar-refractivity contribution < 1.29 is 24.6 Å². The second-order valence-electron chi connectivity index (χ2n) is 3.74. The van der Waals surface area contributed by atoms with Gasteiger partial charge in [0, 0.05) is 0 Å². The van der Waals surface area contributed by atoms with Gasteiger partial charge in [-0.1, -0.05) is 12.1 Å². The van der Waals surface area contributed by atoms with E-state index in [2.05, 4.69) is 15.3 Å². The van der Waals surface area contributed by atoms with Gasteiger partial charge in [-0.25, -0.2) is 14.6 Å². The quantitative estimate of drug-likeness (QED) is 0.659. The number of nitrogens with zero attached hydrogens (tertiary/aromatic N) is 1. The van der Waals surface area contributed by atoms with Crippen LogP contribution in [0.3, 0.4) is 0 Å². The molecule has 0 saturated carbocycles. The van der Waals surface area contributed by atoms with E-state index >= 15 is 0 Å². The fourth-order valence-corrected chi connectivity index (χ4v) is 1.59. The Kier molecular flexibility index (Phi) is 3.47. The number of imidazole rings is 1. The van der Waals surface area contributed by atoms with Crippen LogP contribution in [0.5, 0.6) is 0 Å². The number of carbonyl (C=O) groups excluding carboxylic acids is 1. The third kappa shape index (κ3) is 2.48. The van der Waals surface area contributed by atoms with Crippen molar-refractivity contribution in [2.45, 2.75) is 0 Å². The summed E-state index contributed by atoms with van der Waals surface area (Å²) in [5.41, 5.74) is -0.731. The Bertz CT molecular complexity index is 692. The van der Waals surface area contributed by atoms with Crippen molar-refractivity contribution in [1.82, 2.24) is 9.97 Å². The van der Waals surface area contributed by atoms with Crippen molar-refractivity contribution in [2.24, 2.45) is 0 Å². The van der Waals surface area contributed by atoms with E-state index in [9.17, 15) is 14.4 Å². The number of para-hydroxylation sites is 1. The molecule has 0 unspecified atom stereocenters. The van der Waals surface area contributed by atoms with E-state index < -0.39 is 17.8 Å².